The number of hydrogen-bond donors (Lipinski definition) is 3. The number of rotatable bonds is 3. The van der Waals surface area contributed by atoms with Crippen LogP contribution in [0.3, 0.4) is 0 Å². The number of likely N-dealkylation sites (N-methyl/N-ethyl adjacent to an activating group) is 2. The summed E-state index contributed by atoms with van der Waals surface area (Å²) in [6, 6.07) is 0.152. The number of amides is 2. The van der Waals surface area contributed by atoms with Crippen molar-refractivity contribution in [3.63, 3.8) is 0 Å². The SMILES string of the molecule is CNC(=O)CN(C)C(=O)C1CNC(C)CN1. The van der Waals surface area contributed by atoms with Crippen LogP contribution >= 0.6 is 0 Å². The first-order valence-corrected chi connectivity index (χ1v) is 5.47. The summed E-state index contributed by atoms with van der Waals surface area (Å²) in [7, 11) is 3.19. The third kappa shape index (κ3) is 3.46. The van der Waals surface area contributed by atoms with Crippen LogP contribution in [-0.2, 0) is 9.59 Å². The molecule has 6 heteroatoms. The van der Waals surface area contributed by atoms with Gasteiger partial charge in [-0.15, -0.1) is 0 Å². The number of nitrogens with zero attached hydrogens (tertiary/aromatic N) is 1. The van der Waals surface area contributed by atoms with Gasteiger partial charge < -0.3 is 20.9 Å². The summed E-state index contributed by atoms with van der Waals surface area (Å²) in [5.74, 6) is -0.212. The second-order valence-corrected chi connectivity index (χ2v) is 4.14. The molecule has 0 aromatic carbocycles. The Kier molecular flexibility index (Phi) is 4.70. The van der Waals surface area contributed by atoms with Gasteiger partial charge in [-0.25, -0.2) is 0 Å². The first-order valence-electron chi connectivity index (χ1n) is 5.47. The minimum absolute atomic E-state index is 0.0528. The van der Waals surface area contributed by atoms with Crippen molar-refractivity contribution in [2.24, 2.45) is 0 Å². The van der Waals surface area contributed by atoms with E-state index in [1.807, 2.05) is 0 Å². The lowest BCUT2D eigenvalue weighted by molar-refractivity contribution is -0.136. The average Bonchev–Trinajstić information content (AvgIpc) is 2.28. The summed E-state index contributed by atoms with van der Waals surface area (Å²) in [6.45, 7) is 3.54. The van der Waals surface area contributed by atoms with Crippen LogP contribution in [0.2, 0.25) is 0 Å². The Bertz CT molecular complexity index is 262. The third-order valence-electron chi connectivity index (χ3n) is 2.67. The first kappa shape index (κ1) is 12.9. The summed E-state index contributed by atoms with van der Waals surface area (Å²) < 4.78 is 0. The number of carbonyl (C=O) groups is 2. The molecule has 1 fully saturated rings. The maximum absolute atomic E-state index is 11.9. The van der Waals surface area contributed by atoms with E-state index in [-0.39, 0.29) is 24.4 Å². The van der Waals surface area contributed by atoms with Gasteiger partial charge in [0, 0.05) is 33.2 Å². The van der Waals surface area contributed by atoms with E-state index in [0.717, 1.165) is 6.54 Å². The number of nitrogens with one attached hydrogen (secondary N) is 3. The predicted octanol–water partition coefficient (Wildman–Crippen LogP) is -1.86. The van der Waals surface area contributed by atoms with Crippen LogP contribution in [0.1, 0.15) is 6.92 Å². The molecule has 1 aliphatic heterocycles. The van der Waals surface area contributed by atoms with Gasteiger partial charge in [-0.2, -0.15) is 0 Å². The Morgan fingerprint density at radius 2 is 2.06 bits per heavy atom. The van der Waals surface area contributed by atoms with Gasteiger partial charge in [0.25, 0.3) is 0 Å². The van der Waals surface area contributed by atoms with Gasteiger partial charge in [0.05, 0.1) is 12.6 Å². The fourth-order valence-electron chi connectivity index (χ4n) is 1.60. The van der Waals surface area contributed by atoms with Crippen molar-refractivity contribution in [2.45, 2.75) is 19.0 Å². The first-order chi connectivity index (χ1) is 7.54. The molecule has 0 saturated carbocycles. The zero-order chi connectivity index (χ0) is 12.1. The summed E-state index contributed by atoms with van der Waals surface area (Å²) in [5.41, 5.74) is 0. The molecule has 1 saturated heterocycles. The highest BCUT2D eigenvalue weighted by molar-refractivity contribution is 5.87. The summed E-state index contributed by atoms with van der Waals surface area (Å²) in [4.78, 5) is 24.5. The average molecular weight is 228 g/mol. The molecule has 2 atom stereocenters. The number of carbonyl (C=O) groups excluding carboxylic acids is 2. The van der Waals surface area contributed by atoms with Crippen LogP contribution < -0.4 is 16.0 Å². The molecule has 0 spiro atoms. The third-order valence-corrected chi connectivity index (χ3v) is 2.67. The molecular formula is C10H20N4O2. The molecule has 0 aromatic heterocycles. The highest BCUT2D eigenvalue weighted by atomic mass is 16.2. The monoisotopic (exact) mass is 228 g/mol. The quantitative estimate of drug-likeness (QED) is 0.530. The zero-order valence-electron chi connectivity index (χ0n) is 10.0. The van der Waals surface area contributed by atoms with E-state index in [9.17, 15) is 9.59 Å². The molecule has 1 aliphatic rings. The Labute approximate surface area is 95.8 Å². The van der Waals surface area contributed by atoms with Gasteiger partial charge in [-0.05, 0) is 6.92 Å². The minimum Gasteiger partial charge on any atom is -0.358 e. The molecule has 0 aromatic rings. The van der Waals surface area contributed by atoms with Crippen LogP contribution in [0.4, 0.5) is 0 Å². The van der Waals surface area contributed by atoms with E-state index < -0.39 is 0 Å². The van der Waals surface area contributed by atoms with Crippen molar-refractivity contribution >= 4 is 11.8 Å². The van der Waals surface area contributed by atoms with Crippen molar-refractivity contribution in [1.82, 2.24) is 20.9 Å². The molecule has 0 aliphatic carbocycles. The van der Waals surface area contributed by atoms with Gasteiger partial charge in [-0.1, -0.05) is 0 Å². The largest absolute Gasteiger partial charge is 0.358 e. The van der Waals surface area contributed by atoms with Crippen LogP contribution in [-0.4, -0.2) is 62.5 Å². The Morgan fingerprint density at radius 3 is 2.56 bits per heavy atom. The van der Waals surface area contributed by atoms with Crippen LogP contribution in [0.5, 0.6) is 0 Å². The fraction of sp³-hybridized carbons (Fsp3) is 0.800. The minimum atomic E-state index is -0.231. The standard InChI is InChI=1S/C10H20N4O2/c1-7-4-13-8(5-12-7)10(16)14(3)6-9(15)11-2/h7-8,12-13H,4-6H2,1-3H3,(H,11,15). The fourth-order valence-corrected chi connectivity index (χ4v) is 1.60. The molecular weight excluding hydrogens is 208 g/mol. The summed E-state index contributed by atoms with van der Waals surface area (Å²) in [6.07, 6.45) is 0. The topological polar surface area (TPSA) is 73.5 Å². The summed E-state index contributed by atoms with van der Waals surface area (Å²) >= 11 is 0. The van der Waals surface area contributed by atoms with Crippen molar-refractivity contribution in [2.75, 3.05) is 33.7 Å². The van der Waals surface area contributed by atoms with E-state index in [1.54, 1.807) is 14.1 Å². The smallest absolute Gasteiger partial charge is 0.241 e. The highest BCUT2D eigenvalue weighted by Crippen LogP contribution is 1.97. The lowest BCUT2D eigenvalue weighted by Crippen LogP contribution is -2.59. The van der Waals surface area contributed by atoms with Crippen LogP contribution in [0.25, 0.3) is 0 Å². The van der Waals surface area contributed by atoms with Crippen molar-refractivity contribution in [3.8, 4) is 0 Å². The van der Waals surface area contributed by atoms with Gasteiger partial charge in [0.2, 0.25) is 11.8 Å². The molecule has 0 bridgehead atoms. The molecule has 3 N–H and O–H groups in total. The lowest BCUT2D eigenvalue weighted by atomic mass is 10.1. The van der Waals surface area contributed by atoms with E-state index in [1.165, 1.54) is 4.90 Å². The van der Waals surface area contributed by atoms with Crippen LogP contribution in [0, 0.1) is 0 Å². The molecule has 92 valence electrons. The lowest BCUT2D eigenvalue weighted by Gasteiger charge is -2.30. The molecule has 16 heavy (non-hydrogen) atoms. The second kappa shape index (κ2) is 5.81. The summed E-state index contributed by atoms with van der Waals surface area (Å²) in [5, 5.41) is 8.87. The normalized spacial score (nSPS) is 24.9. The van der Waals surface area contributed by atoms with Crippen molar-refractivity contribution < 1.29 is 9.59 Å². The zero-order valence-corrected chi connectivity index (χ0v) is 10.0. The maximum atomic E-state index is 11.9. The van der Waals surface area contributed by atoms with Crippen molar-refractivity contribution in [3.05, 3.63) is 0 Å². The molecule has 0 radical (unpaired) electrons. The molecule has 1 rings (SSSR count). The molecule has 1 heterocycles. The van der Waals surface area contributed by atoms with Crippen LogP contribution in [0.15, 0.2) is 0 Å². The van der Waals surface area contributed by atoms with Gasteiger partial charge in [0.15, 0.2) is 0 Å². The molecule has 2 unspecified atom stereocenters. The maximum Gasteiger partial charge on any atom is 0.241 e. The van der Waals surface area contributed by atoms with Crippen molar-refractivity contribution in [1.29, 1.82) is 0 Å². The van der Waals surface area contributed by atoms with Gasteiger partial charge >= 0.3 is 0 Å². The predicted molar refractivity (Wildman–Crippen MR) is 61.0 cm³/mol. The Hall–Kier alpha value is -1.14. The Balaban J connectivity index is 2.41. The number of hydrogen-bond acceptors (Lipinski definition) is 4. The van der Waals surface area contributed by atoms with E-state index >= 15 is 0 Å². The molecule has 6 nitrogen and oxygen atoms in total. The number of piperazine rings is 1. The van der Waals surface area contributed by atoms with Gasteiger partial charge in [-0.3, -0.25) is 9.59 Å². The molecule has 2 amide bonds. The van der Waals surface area contributed by atoms with E-state index in [0.29, 0.717) is 12.6 Å². The van der Waals surface area contributed by atoms with E-state index in [2.05, 4.69) is 22.9 Å². The van der Waals surface area contributed by atoms with Gasteiger partial charge in [0.1, 0.15) is 0 Å². The Morgan fingerprint density at radius 1 is 1.38 bits per heavy atom. The van der Waals surface area contributed by atoms with E-state index in [4.69, 9.17) is 0 Å². The highest BCUT2D eigenvalue weighted by Gasteiger charge is 2.26. The second-order valence-electron chi connectivity index (χ2n) is 4.14.